The molecule has 0 fully saturated rings. The fourth-order valence-corrected chi connectivity index (χ4v) is 12.8. The molecule has 238 valence electrons. The van der Waals surface area contributed by atoms with E-state index in [0.29, 0.717) is 20.3 Å². The van der Waals surface area contributed by atoms with Crippen molar-refractivity contribution in [3.8, 4) is 0 Å². The van der Waals surface area contributed by atoms with E-state index in [-0.39, 0.29) is 16.7 Å². The molecule has 2 unspecified atom stereocenters. The number of hydrogen-bond donors (Lipinski definition) is 0. The van der Waals surface area contributed by atoms with Crippen molar-refractivity contribution in [3.05, 3.63) is 178 Å². The van der Waals surface area contributed by atoms with Gasteiger partial charge in [0, 0.05) is 11.8 Å². The first-order chi connectivity index (χ1) is 22.5. The van der Waals surface area contributed by atoms with Crippen LogP contribution in [0.1, 0.15) is 46.9 Å². The fourth-order valence-electron chi connectivity index (χ4n) is 7.29. The van der Waals surface area contributed by atoms with Crippen molar-refractivity contribution >= 4 is 29.7 Å². The van der Waals surface area contributed by atoms with Gasteiger partial charge in [-0.3, -0.25) is 0 Å². The highest BCUT2D eigenvalue weighted by Gasteiger charge is 2.40. The van der Waals surface area contributed by atoms with Crippen LogP contribution in [0.4, 0.5) is 0 Å². The number of fused-ring (bicyclic) bond motifs is 3. The Balaban J connectivity index is 1.24. The Morgan fingerprint density at radius 1 is 0.617 bits per heavy atom. The van der Waals surface area contributed by atoms with Crippen LogP contribution in [0.5, 0.6) is 0 Å². The van der Waals surface area contributed by atoms with Gasteiger partial charge in [0.25, 0.3) is 0 Å². The normalized spacial score (nSPS) is 21.3. The second-order valence-corrected chi connectivity index (χ2v) is 19.8. The largest absolute Gasteiger partial charge is 0.219 e. The van der Waals surface area contributed by atoms with Crippen LogP contribution in [0.15, 0.2) is 175 Å². The lowest BCUT2D eigenvalue weighted by Crippen LogP contribution is -2.23. The van der Waals surface area contributed by atoms with Crippen molar-refractivity contribution in [1.29, 1.82) is 0 Å². The van der Waals surface area contributed by atoms with E-state index in [1.54, 1.807) is 30.3 Å². The summed E-state index contributed by atoms with van der Waals surface area (Å²) in [7, 11) is -8.64. The summed E-state index contributed by atoms with van der Waals surface area (Å²) >= 11 is 0. The minimum absolute atomic E-state index is 0.137. The molecule has 2 heterocycles. The maximum atomic E-state index is 13.5. The van der Waals surface area contributed by atoms with E-state index in [4.69, 9.17) is 0 Å². The number of hydrogen-bond acceptors (Lipinski definition) is 4. The Bertz CT molecular complexity index is 2270. The van der Waals surface area contributed by atoms with Crippen molar-refractivity contribution in [2.45, 2.75) is 44.3 Å². The number of allylic oxidation sites excluding steroid dienone is 6. The summed E-state index contributed by atoms with van der Waals surface area (Å²) in [6, 6.07) is 31.8. The van der Waals surface area contributed by atoms with Crippen molar-refractivity contribution in [2.75, 3.05) is 12.5 Å². The summed E-state index contributed by atoms with van der Waals surface area (Å²) in [6.07, 6.45) is 13.2. The molecule has 2 atom stereocenters. The van der Waals surface area contributed by atoms with E-state index in [1.807, 2.05) is 30.3 Å². The number of benzene rings is 4. The smallest absolute Gasteiger partial charge is 0.207 e. The van der Waals surface area contributed by atoms with E-state index >= 15 is 0 Å². The zero-order chi connectivity index (χ0) is 33.1. The first kappa shape index (κ1) is 31.4. The zero-order valence-corrected chi connectivity index (χ0v) is 28.8. The third kappa shape index (κ3) is 4.86. The highest BCUT2D eigenvalue weighted by molar-refractivity contribution is 8.32. The van der Waals surface area contributed by atoms with Gasteiger partial charge in [0.15, 0.2) is 0 Å². The maximum Gasteiger partial charge on any atom is 0.207 e. The average molecular weight is 677 g/mol. The third-order valence-electron chi connectivity index (χ3n) is 9.68. The highest BCUT2D eigenvalue weighted by atomic mass is 32.3. The van der Waals surface area contributed by atoms with Crippen LogP contribution in [0, 0.1) is 0 Å². The van der Waals surface area contributed by atoms with Crippen molar-refractivity contribution in [3.63, 3.8) is 0 Å². The molecule has 0 bridgehead atoms. The van der Waals surface area contributed by atoms with Crippen LogP contribution in [-0.2, 0) is 19.7 Å². The van der Waals surface area contributed by atoms with E-state index in [9.17, 15) is 16.8 Å². The molecule has 7 rings (SSSR count). The molecule has 3 aliphatic rings. The van der Waals surface area contributed by atoms with Crippen molar-refractivity contribution < 1.29 is 16.8 Å². The summed E-state index contributed by atoms with van der Waals surface area (Å²) in [4.78, 5) is 3.79. The molecule has 0 N–H and O–H groups in total. The van der Waals surface area contributed by atoms with Gasteiger partial charge < -0.3 is 0 Å². The molecule has 2 aliphatic heterocycles. The van der Waals surface area contributed by atoms with Crippen molar-refractivity contribution in [2.24, 2.45) is 0 Å². The van der Waals surface area contributed by atoms with Crippen LogP contribution in [0.3, 0.4) is 0 Å². The van der Waals surface area contributed by atoms with Gasteiger partial charge in [-0.15, -0.1) is 0 Å². The fraction of sp³-hybridized carbons (Fsp3) is 0.150. The van der Waals surface area contributed by atoms with Gasteiger partial charge in [-0.1, -0.05) is 98.1 Å². The average Bonchev–Trinajstić information content (AvgIpc) is 3.08. The van der Waals surface area contributed by atoms with Gasteiger partial charge in [0.2, 0.25) is 19.7 Å². The molecule has 0 saturated heterocycles. The number of rotatable bonds is 6. The quantitative estimate of drug-likeness (QED) is 0.204. The van der Waals surface area contributed by atoms with E-state index in [0.717, 1.165) is 40.7 Å². The Kier molecular flexibility index (Phi) is 7.70. The maximum absolute atomic E-state index is 13.5. The predicted octanol–water partition coefficient (Wildman–Crippen LogP) is 9.24. The van der Waals surface area contributed by atoms with Gasteiger partial charge in [0.05, 0.1) is 19.6 Å². The molecule has 0 aromatic heterocycles. The Hall–Kier alpha value is -4.17. The first-order valence-corrected chi connectivity index (χ1v) is 20.9. The standard InChI is InChI=1S/C40H36O4S3/c1-5-31-35(6-2)46(41,42)36-16-10-7-13-32(36)39(31)27-19-23-29(24-20-27)45(3,4)30-25-21-28(22-26-30)40-33-14-8-11-17-37(33)47(43,44)38-18-12-9-15-34(38)40/h5-8,10-11,13-26,39-40H,1-2,9,12H2,3-4H3. The van der Waals surface area contributed by atoms with Crippen molar-refractivity contribution in [1.82, 2.24) is 0 Å². The topological polar surface area (TPSA) is 68.3 Å². The lowest BCUT2D eigenvalue weighted by Gasteiger charge is -2.35. The minimum atomic E-state index is -3.69. The highest BCUT2D eigenvalue weighted by Crippen LogP contribution is 2.57. The molecule has 7 heteroatoms. The molecule has 4 aromatic carbocycles. The summed E-state index contributed by atoms with van der Waals surface area (Å²) in [5.41, 5.74) is 5.16. The SMILES string of the molecule is C=CC1=C(C=C)S(=O)(=O)c2ccccc2C1c1ccc(S(C)(C)c2ccc(C3C4=CCCC=C4S(=O)(=O)c4ccccc43)cc2)cc1. The molecule has 0 spiro atoms. The van der Waals surface area contributed by atoms with Crippen LogP contribution >= 0.6 is 10.0 Å². The second-order valence-electron chi connectivity index (χ2n) is 12.4. The zero-order valence-electron chi connectivity index (χ0n) is 26.4. The lowest BCUT2D eigenvalue weighted by molar-refractivity contribution is 0.596. The molecule has 4 aromatic rings. The first-order valence-electron chi connectivity index (χ1n) is 15.5. The molecule has 4 nitrogen and oxygen atoms in total. The van der Waals surface area contributed by atoms with Gasteiger partial charge in [-0.25, -0.2) is 16.8 Å². The predicted molar refractivity (Wildman–Crippen MR) is 193 cm³/mol. The minimum Gasteiger partial charge on any atom is -0.219 e. The monoisotopic (exact) mass is 676 g/mol. The Morgan fingerprint density at radius 3 is 1.66 bits per heavy atom. The summed E-state index contributed by atoms with van der Waals surface area (Å²) in [5, 5.41) is 0. The summed E-state index contributed by atoms with van der Waals surface area (Å²) in [5.74, 6) is -0.413. The molecule has 0 amide bonds. The third-order valence-corrected chi connectivity index (χ3v) is 16.4. The van der Waals surface area contributed by atoms with E-state index in [1.165, 1.54) is 15.9 Å². The van der Waals surface area contributed by atoms with Crippen LogP contribution < -0.4 is 0 Å². The van der Waals surface area contributed by atoms with Crippen LogP contribution in [0.2, 0.25) is 0 Å². The van der Waals surface area contributed by atoms with Crippen LogP contribution in [-0.4, -0.2) is 29.3 Å². The molecular weight excluding hydrogens is 641 g/mol. The van der Waals surface area contributed by atoms with Gasteiger partial charge in [-0.2, -0.15) is 10.0 Å². The Labute approximate surface area is 279 Å². The van der Waals surface area contributed by atoms with Crippen LogP contribution in [0.25, 0.3) is 0 Å². The molecule has 0 radical (unpaired) electrons. The number of sulfone groups is 2. The molecule has 0 saturated carbocycles. The molecule has 47 heavy (non-hydrogen) atoms. The lowest BCUT2D eigenvalue weighted by atomic mass is 9.82. The second kappa shape index (κ2) is 11.5. The summed E-state index contributed by atoms with van der Waals surface area (Å²) < 4.78 is 53.8. The molecular formula is C40H36O4S3. The van der Waals surface area contributed by atoms with E-state index < -0.39 is 29.7 Å². The Morgan fingerprint density at radius 2 is 1.11 bits per heavy atom. The molecule has 1 aliphatic carbocycles. The van der Waals surface area contributed by atoms with Gasteiger partial charge in [-0.05, 0) is 105 Å². The van der Waals surface area contributed by atoms with Gasteiger partial charge >= 0.3 is 0 Å². The van der Waals surface area contributed by atoms with E-state index in [2.05, 4.69) is 80.3 Å². The van der Waals surface area contributed by atoms with Gasteiger partial charge in [0.1, 0.15) is 0 Å². The summed E-state index contributed by atoms with van der Waals surface area (Å²) in [6.45, 7) is 7.79.